The van der Waals surface area contributed by atoms with Crippen molar-refractivity contribution in [1.82, 2.24) is 10.2 Å². The zero-order valence-electron chi connectivity index (χ0n) is 14.4. The lowest BCUT2D eigenvalue weighted by molar-refractivity contribution is -0.137. The predicted octanol–water partition coefficient (Wildman–Crippen LogP) is 1.50. The van der Waals surface area contributed by atoms with Crippen LogP contribution in [-0.4, -0.2) is 48.9 Å². The number of benzene rings is 1. The van der Waals surface area contributed by atoms with E-state index in [9.17, 15) is 14.4 Å². The second-order valence-corrected chi connectivity index (χ2v) is 6.41. The number of hydrogen-bond donors (Lipinski definition) is 1. The molecule has 2 fully saturated rings. The van der Waals surface area contributed by atoms with Gasteiger partial charge in [0.2, 0.25) is 5.91 Å². The minimum atomic E-state index is -0.814. The van der Waals surface area contributed by atoms with Crippen molar-refractivity contribution < 1.29 is 23.9 Å². The lowest BCUT2D eigenvalue weighted by Gasteiger charge is -2.17. The van der Waals surface area contributed by atoms with E-state index in [4.69, 9.17) is 9.47 Å². The van der Waals surface area contributed by atoms with Gasteiger partial charge in [-0.15, -0.1) is 0 Å². The van der Waals surface area contributed by atoms with Gasteiger partial charge < -0.3 is 14.8 Å². The first-order valence-corrected chi connectivity index (χ1v) is 8.45. The number of likely N-dealkylation sites (N-methyl/N-ethyl adjacent to an activating group) is 1. The van der Waals surface area contributed by atoms with Crippen molar-refractivity contribution in [2.24, 2.45) is 0 Å². The van der Waals surface area contributed by atoms with Crippen LogP contribution in [0.1, 0.15) is 42.5 Å². The first kappa shape index (κ1) is 17.3. The number of likely N-dealkylation sites (tertiary alicyclic amines) is 1. The highest BCUT2D eigenvalue weighted by atomic mass is 16.5. The molecule has 134 valence electrons. The topological polar surface area (TPSA) is 84.9 Å². The molecular formula is C18H22N2O5. The Labute approximate surface area is 146 Å². The number of methoxy groups -OCH3 is 1. The Morgan fingerprint density at radius 2 is 1.92 bits per heavy atom. The molecule has 0 bridgehead atoms. The average Bonchev–Trinajstić information content (AvgIpc) is 3.19. The number of carbonyl (C=O) groups is 3. The molecule has 0 unspecified atom stereocenters. The minimum absolute atomic E-state index is 0.0113. The largest absolute Gasteiger partial charge is 0.493 e. The molecule has 3 rings (SSSR count). The molecule has 1 saturated carbocycles. The van der Waals surface area contributed by atoms with Gasteiger partial charge in [-0.25, -0.2) is 0 Å². The van der Waals surface area contributed by atoms with Crippen molar-refractivity contribution in [2.75, 3.05) is 14.2 Å². The van der Waals surface area contributed by atoms with E-state index in [2.05, 4.69) is 5.32 Å². The van der Waals surface area contributed by atoms with E-state index in [1.165, 1.54) is 7.05 Å². The summed E-state index contributed by atoms with van der Waals surface area (Å²) in [4.78, 5) is 37.0. The standard InChI is InChI=1S/C18H22N2O5/c1-20-16(21)10-13(18(20)23)19-17(22)11-7-8-14(24-2)15(9-11)25-12-5-3-4-6-12/h7-9,12-13H,3-6,10H2,1-2H3,(H,19,22)/t13-/m0/s1. The van der Waals surface area contributed by atoms with Gasteiger partial charge in [-0.2, -0.15) is 0 Å². The molecule has 1 aromatic rings. The molecule has 1 heterocycles. The van der Waals surface area contributed by atoms with Crippen LogP contribution < -0.4 is 14.8 Å². The first-order chi connectivity index (χ1) is 12.0. The molecule has 7 heteroatoms. The van der Waals surface area contributed by atoms with E-state index in [1.807, 2.05) is 0 Å². The van der Waals surface area contributed by atoms with Gasteiger partial charge in [0, 0.05) is 12.6 Å². The fourth-order valence-electron chi connectivity index (χ4n) is 3.21. The number of nitrogens with zero attached hydrogens (tertiary/aromatic N) is 1. The molecule has 1 saturated heterocycles. The van der Waals surface area contributed by atoms with Crippen LogP contribution >= 0.6 is 0 Å². The minimum Gasteiger partial charge on any atom is -0.493 e. The van der Waals surface area contributed by atoms with Crippen LogP contribution in [0.15, 0.2) is 18.2 Å². The van der Waals surface area contributed by atoms with Gasteiger partial charge in [0.1, 0.15) is 6.04 Å². The molecular weight excluding hydrogens is 324 g/mol. The number of amides is 3. The van der Waals surface area contributed by atoms with Crippen molar-refractivity contribution in [1.29, 1.82) is 0 Å². The summed E-state index contributed by atoms with van der Waals surface area (Å²) in [7, 11) is 2.97. The molecule has 2 aliphatic rings. The molecule has 1 aliphatic heterocycles. The van der Waals surface area contributed by atoms with Crippen molar-refractivity contribution >= 4 is 17.7 Å². The van der Waals surface area contributed by atoms with Gasteiger partial charge in [0.15, 0.2) is 11.5 Å². The quantitative estimate of drug-likeness (QED) is 0.817. The average molecular weight is 346 g/mol. The van der Waals surface area contributed by atoms with Gasteiger partial charge in [-0.1, -0.05) is 0 Å². The third kappa shape index (κ3) is 3.60. The number of hydrogen-bond acceptors (Lipinski definition) is 5. The maximum absolute atomic E-state index is 12.5. The predicted molar refractivity (Wildman–Crippen MR) is 89.5 cm³/mol. The van der Waals surface area contributed by atoms with E-state index in [0.29, 0.717) is 17.1 Å². The number of nitrogens with one attached hydrogen (secondary N) is 1. The van der Waals surface area contributed by atoms with Gasteiger partial charge in [-0.3, -0.25) is 19.3 Å². The fourth-order valence-corrected chi connectivity index (χ4v) is 3.21. The molecule has 7 nitrogen and oxygen atoms in total. The molecule has 0 radical (unpaired) electrons. The SMILES string of the molecule is COc1ccc(C(=O)N[C@H]2CC(=O)N(C)C2=O)cc1OC1CCCC1. The summed E-state index contributed by atoms with van der Waals surface area (Å²) in [6.07, 6.45) is 4.38. The van der Waals surface area contributed by atoms with Crippen molar-refractivity contribution in [3.63, 3.8) is 0 Å². The Kier molecular flexibility index (Phi) is 4.92. The number of rotatable bonds is 5. The Balaban J connectivity index is 1.74. The highest BCUT2D eigenvalue weighted by Crippen LogP contribution is 2.32. The molecule has 1 aromatic carbocycles. The van der Waals surface area contributed by atoms with Crippen LogP contribution in [0.2, 0.25) is 0 Å². The Morgan fingerprint density at radius 3 is 2.52 bits per heavy atom. The second kappa shape index (κ2) is 7.13. The van der Waals surface area contributed by atoms with Crippen LogP contribution in [0, 0.1) is 0 Å². The normalized spacial score (nSPS) is 20.9. The smallest absolute Gasteiger partial charge is 0.252 e. The van der Waals surface area contributed by atoms with Gasteiger partial charge in [-0.05, 0) is 43.9 Å². The highest BCUT2D eigenvalue weighted by molar-refractivity contribution is 6.08. The Bertz CT molecular complexity index is 697. The summed E-state index contributed by atoms with van der Waals surface area (Å²) in [5.41, 5.74) is 0.364. The monoisotopic (exact) mass is 346 g/mol. The fraction of sp³-hybridized carbons (Fsp3) is 0.500. The number of carbonyl (C=O) groups excluding carboxylic acids is 3. The summed E-state index contributed by atoms with van der Waals surface area (Å²) in [5, 5.41) is 2.62. The Morgan fingerprint density at radius 1 is 1.20 bits per heavy atom. The molecule has 0 aromatic heterocycles. The van der Waals surface area contributed by atoms with Crippen LogP contribution in [0.5, 0.6) is 11.5 Å². The maximum Gasteiger partial charge on any atom is 0.252 e. The summed E-state index contributed by atoms with van der Waals surface area (Å²) in [5.74, 6) is -0.0201. The third-order valence-electron chi connectivity index (χ3n) is 4.71. The zero-order valence-corrected chi connectivity index (χ0v) is 14.4. The maximum atomic E-state index is 12.5. The molecule has 1 aliphatic carbocycles. The van der Waals surface area contributed by atoms with Crippen LogP contribution in [0.4, 0.5) is 0 Å². The summed E-state index contributed by atoms with van der Waals surface area (Å²) >= 11 is 0. The first-order valence-electron chi connectivity index (χ1n) is 8.45. The van der Waals surface area contributed by atoms with Gasteiger partial charge >= 0.3 is 0 Å². The highest BCUT2D eigenvalue weighted by Gasteiger charge is 2.37. The number of imide groups is 1. The second-order valence-electron chi connectivity index (χ2n) is 6.41. The van der Waals surface area contributed by atoms with E-state index < -0.39 is 17.9 Å². The number of ether oxygens (including phenoxy) is 2. The van der Waals surface area contributed by atoms with Crippen LogP contribution in [0.25, 0.3) is 0 Å². The van der Waals surface area contributed by atoms with E-state index >= 15 is 0 Å². The van der Waals surface area contributed by atoms with Crippen molar-refractivity contribution in [2.45, 2.75) is 44.2 Å². The van der Waals surface area contributed by atoms with Crippen molar-refractivity contribution in [3.05, 3.63) is 23.8 Å². The Hall–Kier alpha value is -2.57. The molecule has 1 N–H and O–H groups in total. The lowest BCUT2D eigenvalue weighted by atomic mass is 10.1. The third-order valence-corrected chi connectivity index (χ3v) is 4.71. The summed E-state index contributed by atoms with van der Waals surface area (Å²) in [6, 6.07) is 4.09. The molecule has 0 spiro atoms. The molecule has 3 amide bonds. The zero-order chi connectivity index (χ0) is 18.0. The van der Waals surface area contributed by atoms with E-state index in [0.717, 1.165) is 30.6 Å². The van der Waals surface area contributed by atoms with Gasteiger partial charge in [0.05, 0.1) is 19.6 Å². The lowest BCUT2D eigenvalue weighted by Crippen LogP contribution is -2.40. The molecule has 1 atom stereocenters. The van der Waals surface area contributed by atoms with E-state index in [-0.39, 0.29) is 18.4 Å². The van der Waals surface area contributed by atoms with Gasteiger partial charge in [0.25, 0.3) is 11.8 Å². The molecule has 25 heavy (non-hydrogen) atoms. The summed E-state index contributed by atoms with van der Waals surface area (Å²) < 4.78 is 11.3. The van der Waals surface area contributed by atoms with E-state index in [1.54, 1.807) is 25.3 Å². The van der Waals surface area contributed by atoms with Crippen LogP contribution in [0.3, 0.4) is 0 Å². The summed E-state index contributed by atoms with van der Waals surface area (Å²) in [6.45, 7) is 0. The van der Waals surface area contributed by atoms with Crippen LogP contribution in [-0.2, 0) is 9.59 Å². The van der Waals surface area contributed by atoms with Crippen molar-refractivity contribution in [3.8, 4) is 11.5 Å².